The first-order valence-corrected chi connectivity index (χ1v) is 11.0. The van der Waals surface area contributed by atoms with Crippen molar-refractivity contribution < 1.29 is 19.1 Å². The molecule has 2 aromatic rings. The number of ether oxygens (including phenoxy) is 2. The standard InChI is InChI=1S/C21H22ClIN2O4/c22-16-11-17(23)21(20-15(16)7-4-9-25-20)29-13-19(27)28-12-18(26)24-10-8-14-5-2-1-3-6-14/h4-5,7,9,11H,1-3,6,8,10,12-13H2,(H,24,26). The Morgan fingerprint density at radius 3 is 2.93 bits per heavy atom. The van der Waals surface area contributed by atoms with E-state index in [0.717, 1.165) is 28.2 Å². The summed E-state index contributed by atoms with van der Waals surface area (Å²) in [6, 6.07) is 5.37. The van der Waals surface area contributed by atoms with E-state index in [1.54, 1.807) is 18.3 Å². The lowest BCUT2D eigenvalue weighted by atomic mass is 9.97. The number of carbonyl (C=O) groups excluding carboxylic acids is 2. The molecular weight excluding hydrogens is 507 g/mol. The van der Waals surface area contributed by atoms with Crippen molar-refractivity contribution in [2.24, 2.45) is 0 Å². The summed E-state index contributed by atoms with van der Waals surface area (Å²) in [5, 5.41) is 4.08. The quantitative estimate of drug-likeness (QED) is 0.312. The van der Waals surface area contributed by atoms with Crippen molar-refractivity contribution in [1.29, 1.82) is 0 Å². The predicted octanol–water partition coefficient (Wildman–Crippen LogP) is 4.42. The van der Waals surface area contributed by atoms with Crippen LogP contribution in [0.3, 0.4) is 0 Å². The third-order valence-corrected chi connectivity index (χ3v) is 5.72. The van der Waals surface area contributed by atoms with Gasteiger partial charge in [0.05, 0.1) is 8.59 Å². The van der Waals surface area contributed by atoms with Crippen molar-refractivity contribution in [3.05, 3.63) is 44.6 Å². The molecule has 0 fully saturated rings. The molecule has 0 atom stereocenters. The minimum Gasteiger partial charge on any atom is -0.478 e. The van der Waals surface area contributed by atoms with Gasteiger partial charge in [-0.1, -0.05) is 23.3 Å². The number of allylic oxidation sites excluding steroid dienone is 1. The van der Waals surface area contributed by atoms with Crippen LogP contribution in [0.2, 0.25) is 5.02 Å². The summed E-state index contributed by atoms with van der Waals surface area (Å²) >= 11 is 8.31. The Kier molecular flexibility index (Phi) is 8.11. The number of hydrogen-bond acceptors (Lipinski definition) is 5. The lowest BCUT2D eigenvalue weighted by Gasteiger charge is -2.13. The van der Waals surface area contributed by atoms with Crippen LogP contribution in [0.25, 0.3) is 10.9 Å². The largest absolute Gasteiger partial charge is 0.478 e. The summed E-state index contributed by atoms with van der Waals surface area (Å²) in [5.41, 5.74) is 1.97. The minimum absolute atomic E-state index is 0.316. The van der Waals surface area contributed by atoms with Crippen LogP contribution in [0.5, 0.6) is 5.75 Å². The van der Waals surface area contributed by atoms with Crippen molar-refractivity contribution in [2.75, 3.05) is 19.8 Å². The van der Waals surface area contributed by atoms with Gasteiger partial charge in [0.15, 0.2) is 19.0 Å². The number of halogens is 2. The molecule has 1 N–H and O–H groups in total. The highest BCUT2D eigenvalue weighted by Crippen LogP contribution is 2.34. The molecule has 0 saturated carbocycles. The van der Waals surface area contributed by atoms with E-state index in [1.807, 2.05) is 6.07 Å². The molecule has 6 nitrogen and oxygen atoms in total. The molecule has 154 valence electrons. The molecule has 0 spiro atoms. The van der Waals surface area contributed by atoms with E-state index in [2.05, 4.69) is 39.0 Å². The van der Waals surface area contributed by atoms with E-state index in [0.29, 0.717) is 22.8 Å². The van der Waals surface area contributed by atoms with E-state index < -0.39 is 5.97 Å². The molecule has 3 rings (SSSR count). The average Bonchev–Trinajstić information content (AvgIpc) is 2.73. The molecule has 1 aromatic heterocycles. The molecule has 0 radical (unpaired) electrons. The van der Waals surface area contributed by atoms with Gasteiger partial charge in [-0.15, -0.1) is 0 Å². The van der Waals surface area contributed by atoms with Crippen molar-refractivity contribution in [1.82, 2.24) is 10.3 Å². The Morgan fingerprint density at radius 1 is 1.28 bits per heavy atom. The predicted molar refractivity (Wildman–Crippen MR) is 120 cm³/mol. The smallest absolute Gasteiger partial charge is 0.344 e. The van der Waals surface area contributed by atoms with Gasteiger partial charge in [-0.3, -0.25) is 9.78 Å². The summed E-state index contributed by atoms with van der Waals surface area (Å²) in [7, 11) is 0. The van der Waals surface area contributed by atoms with Crippen LogP contribution in [0.15, 0.2) is 36.0 Å². The number of nitrogens with one attached hydrogen (secondary N) is 1. The first kappa shape index (κ1) is 21.8. The number of amides is 1. The molecule has 1 heterocycles. The van der Waals surface area contributed by atoms with Gasteiger partial charge in [0.25, 0.3) is 5.91 Å². The zero-order chi connectivity index (χ0) is 20.6. The highest BCUT2D eigenvalue weighted by atomic mass is 127. The second-order valence-electron chi connectivity index (χ2n) is 6.73. The average molecular weight is 529 g/mol. The number of fused-ring (bicyclic) bond motifs is 1. The van der Waals surface area contributed by atoms with E-state index >= 15 is 0 Å². The van der Waals surface area contributed by atoms with Crippen molar-refractivity contribution >= 4 is 57.0 Å². The van der Waals surface area contributed by atoms with Gasteiger partial charge in [-0.2, -0.15) is 0 Å². The first-order chi connectivity index (χ1) is 14.0. The number of esters is 1. The number of nitrogens with zero attached hydrogens (tertiary/aromatic N) is 1. The van der Waals surface area contributed by atoms with Crippen molar-refractivity contribution in [3.63, 3.8) is 0 Å². The van der Waals surface area contributed by atoms with Gasteiger partial charge in [0.1, 0.15) is 5.52 Å². The molecule has 1 aliphatic carbocycles. The van der Waals surface area contributed by atoms with Crippen LogP contribution in [0.4, 0.5) is 0 Å². The van der Waals surface area contributed by atoms with Gasteiger partial charge in [-0.05, 0) is 72.9 Å². The number of aromatic nitrogens is 1. The van der Waals surface area contributed by atoms with Crippen LogP contribution in [0, 0.1) is 3.57 Å². The van der Waals surface area contributed by atoms with Crippen LogP contribution >= 0.6 is 34.2 Å². The monoisotopic (exact) mass is 528 g/mol. The third-order valence-electron chi connectivity index (χ3n) is 4.60. The lowest BCUT2D eigenvalue weighted by molar-refractivity contribution is -0.150. The molecule has 0 aliphatic heterocycles. The summed E-state index contributed by atoms with van der Waals surface area (Å²) in [4.78, 5) is 28.1. The fourth-order valence-corrected chi connectivity index (χ4v) is 4.32. The molecule has 8 heteroatoms. The summed E-state index contributed by atoms with van der Waals surface area (Å²) in [6.07, 6.45) is 9.42. The van der Waals surface area contributed by atoms with Gasteiger partial charge in [0.2, 0.25) is 0 Å². The zero-order valence-electron chi connectivity index (χ0n) is 15.9. The second kappa shape index (κ2) is 10.8. The molecule has 0 unspecified atom stereocenters. The maximum Gasteiger partial charge on any atom is 0.344 e. The van der Waals surface area contributed by atoms with Gasteiger partial charge in [0, 0.05) is 18.1 Å². The van der Waals surface area contributed by atoms with E-state index in [4.69, 9.17) is 21.1 Å². The molecular formula is C21H22ClIN2O4. The van der Waals surface area contributed by atoms with Gasteiger partial charge >= 0.3 is 5.97 Å². The topological polar surface area (TPSA) is 77.5 Å². The summed E-state index contributed by atoms with van der Waals surface area (Å²) in [6.45, 7) is -0.0826. The number of carbonyl (C=O) groups is 2. The molecule has 1 amide bonds. The maximum absolute atomic E-state index is 12.0. The Hall–Kier alpha value is -1.87. The lowest BCUT2D eigenvalue weighted by Crippen LogP contribution is -2.30. The minimum atomic E-state index is -0.620. The molecule has 29 heavy (non-hydrogen) atoms. The number of hydrogen-bond donors (Lipinski definition) is 1. The Labute approximate surface area is 188 Å². The van der Waals surface area contributed by atoms with Gasteiger partial charge < -0.3 is 14.8 Å². The van der Waals surface area contributed by atoms with Crippen LogP contribution in [0.1, 0.15) is 32.1 Å². The normalized spacial score (nSPS) is 13.7. The summed E-state index contributed by atoms with van der Waals surface area (Å²) in [5.74, 6) is -0.472. The summed E-state index contributed by atoms with van der Waals surface area (Å²) < 4.78 is 11.4. The van der Waals surface area contributed by atoms with E-state index in [9.17, 15) is 9.59 Å². The van der Waals surface area contributed by atoms with Crippen LogP contribution in [-0.2, 0) is 14.3 Å². The zero-order valence-corrected chi connectivity index (χ0v) is 18.8. The second-order valence-corrected chi connectivity index (χ2v) is 8.30. The highest BCUT2D eigenvalue weighted by Gasteiger charge is 2.15. The fraction of sp³-hybridized carbons (Fsp3) is 0.381. The number of pyridine rings is 1. The maximum atomic E-state index is 12.0. The number of benzene rings is 1. The third kappa shape index (κ3) is 6.30. The fourth-order valence-electron chi connectivity index (χ4n) is 3.15. The molecule has 0 bridgehead atoms. The SMILES string of the molecule is O=C(COC(=O)COc1c(I)cc(Cl)c2cccnc12)NCCC1=CCCCC1. The van der Waals surface area contributed by atoms with Crippen LogP contribution < -0.4 is 10.1 Å². The Balaban J connectivity index is 1.44. The molecule has 0 saturated heterocycles. The Morgan fingerprint density at radius 2 is 2.14 bits per heavy atom. The van der Waals surface area contributed by atoms with Gasteiger partial charge in [-0.25, -0.2) is 4.79 Å². The van der Waals surface area contributed by atoms with Crippen molar-refractivity contribution in [3.8, 4) is 5.75 Å². The van der Waals surface area contributed by atoms with Crippen LogP contribution in [-0.4, -0.2) is 36.6 Å². The molecule has 1 aliphatic rings. The highest BCUT2D eigenvalue weighted by molar-refractivity contribution is 14.1. The number of rotatable bonds is 8. The van der Waals surface area contributed by atoms with Crippen molar-refractivity contribution in [2.45, 2.75) is 32.1 Å². The first-order valence-electron chi connectivity index (χ1n) is 9.50. The molecule has 1 aromatic carbocycles. The Bertz CT molecular complexity index is 932. The van der Waals surface area contributed by atoms with E-state index in [-0.39, 0.29) is 19.1 Å². The van der Waals surface area contributed by atoms with E-state index in [1.165, 1.54) is 18.4 Å².